The predicted octanol–water partition coefficient (Wildman–Crippen LogP) is 4.35. The fraction of sp³-hybridized carbons (Fsp3) is 0.625. The molecule has 1 atom stereocenters. The maximum atomic E-state index is 6.31. The van der Waals surface area contributed by atoms with Crippen molar-refractivity contribution in [3.05, 3.63) is 33.8 Å². The SMILES string of the molecule is CCC1(C)CN(Cc2cc(Cl)ccc2Cl)C(C)(C)CN1. The van der Waals surface area contributed by atoms with E-state index < -0.39 is 0 Å². The van der Waals surface area contributed by atoms with E-state index >= 15 is 0 Å². The third-order valence-electron chi connectivity index (χ3n) is 4.49. The van der Waals surface area contributed by atoms with Gasteiger partial charge in [0.2, 0.25) is 0 Å². The molecule has 0 spiro atoms. The van der Waals surface area contributed by atoms with E-state index in [9.17, 15) is 0 Å². The quantitative estimate of drug-likeness (QED) is 0.892. The van der Waals surface area contributed by atoms with E-state index in [1.807, 2.05) is 18.2 Å². The van der Waals surface area contributed by atoms with Gasteiger partial charge in [-0.2, -0.15) is 0 Å². The van der Waals surface area contributed by atoms with Gasteiger partial charge in [0, 0.05) is 40.8 Å². The van der Waals surface area contributed by atoms with E-state index in [0.29, 0.717) is 0 Å². The molecule has 1 saturated heterocycles. The Morgan fingerprint density at radius 3 is 2.60 bits per heavy atom. The number of nitrogens with one attached hydrogen (secondary N) is 1. The Bertz CT molecular complexity index is 487. The summed E-state index contributed by atoms with van der Waals surface area (Å²) in [6.45, 7) is 11.9. The molecule has 2 nitrogen and oxygen atoms in total. The molecule has 1 aromatic carbocycles. The molecule has 1 aromatic rings. The molecule has 0 aromatic heterocycles. The third kappa shape index (κ3) is 3.48. The molecule has 0 saturated carbocycles. The molecule has 1 unspecified atom stereocenters. The normalized spacial score (nSPS) is 26.7. The standard InChI is InChI=1S/C16H24Cl2N2/c1-5-16(4)11-20(15(2,3)10-19-16)9-12-8-13(17)6-7-14(12)18/h6-8,19H,5,9-11H2,1-4H3. The largest absolute Gasteiger partial charge is 0.308 e. The summed E-state index contributed by atoms with van der Waals surface area (Å²) in [6.07, 6.45) is 1.11. The van der Waals surface area contributed by atoms with Crippen molar-refractivity contribution in [3.8, 4) is 0 Å². The van der Waals surface area contributed by atoms with E-state index in [2.05, 4.69) is 37.9 Å². The zero-order valence-electron chi connectivity index (χ0n) is 12.8. The summed E-state index contributed by atoms with van der Waals surface area (Å²) in [5.41, 5.74) is 1.38. The van der Waals surface area contributed by atoms with Crippen molar-refractivity contribution in [1.29, 1.82) is 0 Å². The molecule has 0 aliphatic carbocycles. The van der Waals surface area contributed by atoms with Crippen molar-refractivity contribution in [2.75, 3.05) is 13.1 Å². The number of halogens is 2. The molecule has 112 valence electrons. The fourth-order valence-corrected chi connectivity index (χ4v) is 2.98. The highest BCUT2D eigenvalue weighted by molar-refractivity contribution is 6.33. The highest BCUT2D eigenvalue weighted by atomic mass is 35.5. The van der Waals surface area contributed by atoms with Gasteiger partial charge in [0.05, 0.1) is 0 Å². The summed E-state index contributed by atoms with van der Waals surface area (Å²) in [4.78, 5) is 2.50. The minimum atomic E-state index is 0.111. The molecule has 20 heavy (non-hydrogen) atoms. The molecule has 0 bridgehead atoms. The first-order valence-corrected chi connectivity index (χ1v) is 7.95. The molecular weight excluding hydrogens is 291 g/mol. The van der Waals surface area contributed by atoms with E-state index in [-0.39, 0.29) is 11.1 Å². The lowest BCUT2D eigenvalue weighted by atomic mass is 9.88. The molecule has 0 amide bonds. The molecule has 1 heterocycles. The van der Waals surface area contributed by atoms with Crippen LogP contribution in [0.4, 0.5) is 0 Å². The number of benzene rings is 1. The lowest BCUT2D eigenvalue weighted by molar-refractivity contribution is 0.0246. The molecule has 1 fully saturated rings. The van der Waals surface area contributed by atoms with E-state index in [1.165, 1.54) is 0 Å². The van der Waals surface area contributed by atoms with Crippen molar-refractivity contribution in [3.63, 3.8) is 0 Å². The second kappa shape index (κ2) is 5.84. The van der Waals surface area contributed by atoms with Gasteiger partial charge >= 0.3 is 0 Å². The number of piperazine rings is 1. The van der Waals surface area contributed by atoms with Crippen molar-refractivity contribution in [1.82, 2.24) is 10.2 Å². The zero-order chi connectivity index (χ0) is 15.0. The minimum Gasteiger partial charge on any atom is -0.308 e. The van der Waals surface area contributed by atoms with Gasteiger partial charge in [0.15, 0.2) is 0 Å². The summed E-state index contributed by atoms with van der Waals surface area (Å²) in [6, 6.07) is 5.70. The van der Waals surface area contributed by atoms with Crippen molar-refractivity contribution >= 4 is 23.2 Å². The first-order valence-electron chi connectivity index (χ1n) is 7.20. The molecule has 1 N–H and O–H groups in total. The topological polar surface area (TPSA) is 15.3 Å². The van der Waals surface area contributed by atoms with Gasteiger partial charge in [-0.1, -0.05) is 30.1 Å². The molecule has 0 radical (unpaired) electrons. The van der Waals surface area contributed by atoms with Gasteiger partial charge in [-0.15, -0.1) is 0 Å². The second-order valence-electron chi connectivity index (χ2n) is 6.67. The molecule has 2 rings (SSSR count). The second-order valence-corrected chi connectivity index (χ2v) is 7.52. The van der Waals surface area contributed by atoms with Crippen LogP contribution in [0.1, 0.15) is 39.7 Å². The summed E-state index contributed by atoms with van der Waals surface area (Å²) in [5, 5.41) is 5.22. The number of nitrogens with zero attached hydrogens (tertiary/aromatic N) is 1. The Morgan fingerprint density at radius 2 is 1.95 bits per heavy atom. The lowest BCUT2D eigenvalue weighted by Gasteiger charge is -2.51. The number of rotatable bonds is 3. The molecule has 1 aliphatic rings. The summed E-state index contributed by atoms with van der Waals surface area (Å²) in [7, 11) is 0. The van der Waals surface area contributed by atoms with Crippen LogP contribution in [0.25, 0.3) is 0 Å². The van der Waals surface area contributed by atoms with Gasteiger partial charge in [0.1, 0.15) is 0 Å². The van der Waals surface area contributed by atoms with Crippen molar-refractivity contribution in [2.24, 2.45) is 0 Å². The van der Waals surface area contributed by atoms with Gasteiger partial charge in [-0.25, -0.2) is 0 Å². The summed E-state index contributed by atoms with van der Waals surface area (Å²) >= 11 is 12.4. The Hall–Kier alpha value is -0.280. The third-order valence-corrected chi connectivity index (χ3v) is 5.10. The van der Waals surface area contributed by atoms with Crippen LogP contribution < -0.4 is 5.32 Å². The molecule has 4 heteroatoms. The van der Waals surface area contributed by atoms with Crippen LogP contribution in [0.5, 0.6) is 0 Å². The fourth-order valence-electron chi connectivity index (χ4n) is 2.61. The maximum Gasteiger partial charge on any atom is 0.0452 e. The van der Waals surface area contributed by atoms with Gasteiger partial charge < -0.3 is 5.32 Å². The van der Waals surface area contributed by atoms with Crippen molar-refractivity contribution in [2.45, 2.75) is 51.7 Å². The first-order chi connectivity index (χ1) is 9.26. The predicted molar refractivity (Wildman–Crippen MR) is 87.6 cm³/mol. The van der Waals surface area contributed by atoms with E-state index in [4.69, 9.17) is 23.2 Å². The van der Waals surface area contributed by atoms with Crippen molar-refractivity contribution < 1.29 is 0 Å². The maximum absolute atomic E-state index is 6.31. The van der Waals surface area contributed by atoms with Crippen LogP contribution in [-0.4, -0.2) is 29.1 Å². The van der Waals surface area contributed by atoms with Crippen LogP contribution in [0, 0.1) is 0 Å². The zero-order valence-corrected chi connectivity index (χ0v) is 14.3. The van der Waals surface area contributed by atoms with Gasteiger partial charge in [0.25, 0.3) is 0 Å². The van der Waals surface area contributed by atoms with Crippen LogP contribution in [-0.2, 0) is 6.54 Å². The number of hydrogen-bond donors (Lipinski definition) is 1. The average molecular weight is 315 g/mol. The first kappa shape index (κ1) is 16.1. The van der Waals surface area contributed by atoms with Crippen LogP contribution in [0.3, 0.4) is 0 Å². The summed E-state index contributed by atoms with van der Waals surface area (Å²) < 4.78 is 0. The van der Waals surface area contributed by atoms with Gasteiger partial charge in [-0.05, 0) is 51.0 Å². The molecule has 1 aliphatic heterocycles. The van der Waals surface area contributed by atoms with Crippen LogP contribution >= 0.6 is 23.2 Å². The Morgan fingerprint density at radius 1 is 1.25 bits per heavy atom. The highest BCUT2D eigenvalue weighted by Crippen LogP contribution is 2.30. The highest BCUT2D eigenvalue weighted by Gasteiger charge is 2.39. The van der Waals surface area contributed by atoms with E-state index in [0.717, 1.165) is 41.7 Å². The molecular formula is C16H24Cl2N2. The summed E-state index contributed by atoms with van der Waals surface area (Å²) in [5.74, 6) is 0. The van der Waals surface area contributed by atoms with Crippen LogP contribution in [0.2, 0.25) is 10.0 Å². The minimum absolute atomic E-state index is 0.111. The Kier molecular flexibility index (Phi) is 4.70. The lowest BCUT2D eigenvalue weighted by Crippen LogP contribution is -2.66. The smallest absolute Gasteiger partial charge is 0.0452 e. The average Bonchev–Trinajstić information content (AvgIpc) is 2.39. The monoisotopic (exact) mass is 314 g/mol. The van der Waals surface area contributed by atoms with Gasteiger partial charge in [-0.3, -0.25) is 4.90 Å². The Balaban J connectivity index is 2.22. The van der Waals surface area contributed by atoms with E-state index in [1.54, 1.807) is 0 Å². The van der Waals surface area contributed by atoms with Crippen LogP contribution in [0.15, 0.2) is 18.2 Å². The number of hydrogen-bond acceptors (Lipinski definition) is 2. The Labute approximate surface area is 132 Å².